The highest BCUT2D eigenvalue weighted by Crippen LogP contribution is 2.26. The van der Waals surface area contributed by atoms with E-state index in [1.165, 1.54) is 4.57 Å². The molecule has 0 saturated heterocycles. The average molecular weight is 426 g/mol. The van der Waals surface area contributed by atoms with Crippen molar-refractivity contribution in [3.63, 3.8) is 0 Å². The summed E-state index contributed by atoms with van der Waals surface area (Å²) < 4.78 is 15.8. The van der Waals surface area contributed by atoms with Gasteiger partial charge in [0.15, 0.2) is 11.6 Å². The molecule has 30 heavy (non-hydrogen) atoms. The maximum absolute atomic E-state index is 14.4. The molecular weight excluding hydrogens is 409 g/mol. The van der Waals surface area contributed by atoms with Crippen LogP contribution in [0.3, 0.4) is 0 Å². The Labute approximate surface area is 175 Å². The quantitative estimate of drug-likeness (QED) is 0.458. The fourth-order valence-electron chi connectivity index (χ4n) is 3.17. The summed E-state index contributed by atoms with van der Waals surface area (Å²) in [6.45, 7) is 1.71. The molecule has 0 saturated carbocycles. The number of anilines is 3. The standard InChI is InChI=1S/C20H17ClFN7O/c1-10(25-17-15(22)16(23)27-20(24)28-17)18-26-13-9-5-8-12(21)14(13)19(30)29(18)11-6-3-2-4-7-11/h2-10H,1H3,(H5,23,24,25,27,28). The van der Waals surface area contributed by atoms with E-state index in [4.69, 9.17) is 23.1 Å². The number of nitrogens with zero attached hydrogens (tertiary/aromatic N) is 4. The Morgan fingerprint density at radius 3 is 2.53 bits per heavy atom. The van der Waals surface area contributed by atoms with Crippen molar-refractivity contribution >= 4 is 40.1 Å². The Bertz CT molecular complexity index is 1310. The van der Waals surface area contributed by atoms with Gasteiger partial charge in [-0.15, -0.1) is 0 Å². The number of hydrogen-bond acceptors (Lipinski definition) is 7. The fourth-order valence-corrected chi connectivity index (χ4v) is 3.42. The molecule has 0 fully saturated rings. The van der Waals surface area contributed by atoms with Crippen LogP contribution in [0.15, 0.2) is 53.3 Å². The fraction of sp³-hybridized carbons (Fsp3) is 0.100. The van der Waals surface area contributed by atoms with Crippen LogP contribution in [0.4, 0.5) is 22.0 Å². The molecule has 2 aromatic carbocycles. The van der Waals surface area contributed by atoms with Gasteiger partial charge in [-0.2, -0.15) is 14.4 Å². The van der Waals surface area contributed by atoms with Crippen molar-refractivity contribution < 1.29 is 4.39 Å². The smallest absolute Gasteiger partial charge is 0.267 e. The SMILES string of the molecule is CC(Nc1nc(N)nc(N)c1F)c1nc2cccc(Cl)c2c(=O)n1-c1ccccc1. The number of para-hydroxylation sites is 1. The molecule has 0 aliphatic carbocycles. The topological polar surface area (TPSA) is 125 Å². The predicted octanol–water partition coefficient (Wildman–Crippen LogP) is 3.31. The summed E-state index contributed by atoms with van der Waals surface area (Å²) in [6.07, 6.45) is 0. The van der Waals surface area contributed by atoms with Crippen molar-refractivity contribution in [1.82, 2.24) is 19.5 Å². The van der Waals surface area contributed by atoms with E-state index in [9.17, 15) is 9.18 Å². The highest BCUT2D eigenvalue weighted by Gasteiger charge is 2.21. The molecule has 4 rings (SSSR count). The molecule has 0 bridgehead atoms. The van der Waals surface area contributed by atoms with Crippen molar-refractivity contribution in [3.8, 4) is 5.69 Å². The highest BCUT2D eigenvalue weighted by molar-refractivity contribution is 6.35. The largest absolute Gasteiger partial charge is 0.381 e. The Morgan fingerprint density at radius 1 is 1.07 bits per heavy atom. The monoisotopic (exact) mass is 425 g/mol. The third-order valence-electron chi connectivity index (χ3n) is 4.52. The minimum atomic E-state index is -0.839. The molecule has 2 heterocycles. The average Bonchev–Trinajstić information content (AvgIpc) is 2.72. The molecule has 0 amide bonds. The van der Waals surface area contributed by atoms with Crippen molar-refractivity contribution in [2.75, 3.05) is 16.8 Å². The third kappa shape index (κ3) is 3.39. The van der Waals surface area contributed by atoms with Crippen molar-refractivity contribution in [2.24, 2.45) is 0 Å². The van der Waals surface area contributed by atoms with Gasteiger partial charge >= 0.3 is 0 Å². The van der Waals surface area contributed by atoms with E-state index >= 15 is 0 Å². The molecule has 8 nitrogen and oxygen atoms in total. The molecule has 152 valence electrons. The summed E-state index contributed by atoms with van der Waals surface area (Å²) in [6, 6.07) is 13.3. The van der Waals surface area contributed by atoms with Crippen LogP contribution in [0, 0.1) is 5.82 Å². The minimum Gasteiger partial charge on any atom is -0.381 e. The summed E-state index contributed by atoms with van der Waals surface area (Å²) in [7, 11) is 0. The number of aromatic nitrogens is 4. The lowest BCUT2D eigenvalue weighted by Gasteiger charge is -2.20. The molecule has 5 N–H and O–H groups in total. The van der Waals surface area contributed by atoms with Gasteiger partial charge in [-0.1, -0.05) is 35.9 Å². The number of halogens is 2. The molecule has 2 aromatic heterocycles. The van der Waals surface area contributed by atoms with Crippen LogP contribution in [0.25, 0.3) is 16.6 Å². The van der Waals surface area contributed by atoms with E-state index in [0.29, 0.717) is 27.4 Å². The maximum Gasteiger partial charge on any atom is 0.267 e. The van der Waals surface area contributed by atoms with Crippen molar-refractivity contribution in [3.05, 3.63) is 75.5 Å². The van der Waals surface area contributed by atoms with Gasteiger partial charge in [0.1, 0.15) is 5.82 Å². The maximum atomic E-state index is 14.4. The summed E-state index contributed by atoms with van der Waals surface area (Å²) in [4.78, 5) is 25.5. The van der Waals surface area contributed by atoms with E-state index in [0.717, 1.165) is 0 Å². The zero-order chi connectivity index (χ0) is 21.4. The first-order valence-corrected chi connectivity index (χ1v) is 9.36. The normalized spacial score (nSPS) is 12.1. The Hall–Kier alpha value is -3.72. The number of nitrogens with two attached hydrogens (primary N) is 2. The first-order chi connectivity index (χ1) is 14.4. The second kappa shape index (κ2) is 7.60. The van der Waals surface area contributed by atoms with Gasteiger partial charge in [0.05, 0.1) is 27.7 Å². The Morgan fingerprint density at radius 2 is 1.80 bits per heavy atom. The number of fused-ring (bicyclic) bond motifs is 1. The van der Waals surface area contributed by atoms with Gasteiger partial charge in [0.25, 0.3) is 5.56 Å². The zero-order valence-electron chi connectivity index (χ0n) is 15.8. The molecular formula is C20H17ClFN7O. The van der Waals surface area contributed by atoms with Gasteiger partial charge in [0.2, 0.25) is 11.8 Å². The van der Waals surface area contributed by atoms with Crippen molar-refractivity contribution in [2.45, 2.75) is 13.0 Å². The van der Waals surface area contributed by atoms with Gasteiger partial charge < -0.3 is 16.8 Å². The molecule has 1 atom stereocenters. The molecule has 0 aliphatic heterocycles. The van der Waals surface area contributed by atoms with E-state index in [2.05, 4.69) is 20.3 Å². The first-order valence-electron chi connectivity index (χ1n) is 8.98. The van der Waals surface area contributed by atoms with Crippen LogP contribution in [-0.2, 0) is 0 Å². The van der Waals surface area contributed by atoms with Crippen LogP contribution in [0.2, 0.25) is 5.02 Å². The second-order valence-corrected chi connectivity index (χ2v) is 6.98. The molecule has 1 unspecified atom stereocenters. The Kier molecular flexibility index (Phi) is 4.96. The lowest BCUT2D eigenvalue weighted by atomic mass is 10.2. The lowest BCUT2D eigenvalue weighted by molar-refractivity contribution is 0.617. The molecule has 0 radical (unpaired) electrons. The van der Waals surface area contributed by atoms with Crippen molar-refractivity contribution in [1.29, 1.82) is 0 Å². The van der Waals surface area contributed by atoms with Gasteiger partial charge in [-0.25, -0.2) is 4.98 Å². The first kappa shape index (κ1) is 19.6. The summed E-state index contributed by atoms with van der Waals surface area (Å²) in [5.74, 6) is -1.25. The van der Waals surface area contributed by atoms with Crippen LogP contribution in [0.1, 0.15) is 18.8 Å². The number of rotatable bonds is 4. The van der Waals surface area contributed by atoms with Crippen LogP contribution in [-0.4, -0.2) is 19.5 Å². The predicted molar refractivity (Wildman–Crippen MR) is 115 cm³/mol. The molecule has 10 heteroatoms. The van der Waals surface area contributed by atoms with Crippen LogP contribution >= 0.6 is 11.6 Å². The highest BCUT2D eigenvalue weighted by atomic mass is 35.5. The van der Waals surface area contributed by atoms with E-state index in [1.807, 2.05) is 6.07 Å². The zero-order valence-corrected chi connectivity index (χ0v) is 16.6. The van der Waals surface area contributed by atoms with Gasteiger partial charge in [0, 0.05) is 0 Å². The molecule has 0 spiro atoms. The number of nitrogens with one attached hydrogen (secondary N) is 1. The van der Waals surface area contributed by atoms with Crippen LogP contribution < -0.4 is 22.3 Å². The minimum absolute atomic E-state index is 0.178. The van der Waals surface area contributed by atoms with Gasteiger partial charge in [-0.3, -0.25) is 9.36 Å². The summed E-state index contributed by atoms with van der Waals surface area (Å²) in [5, 5.41) is 3.47. The summed E-state index contributed by atoms with van der Waals surface area (Å²) in [5.41, 5.74) is 11.8. The van der Waals surface area contributed by atoms with Crippen LogP contribution in [0.5, 0.6) is 0 Å². The van der Waals surface area contributed by atoms with E-state index in [-0.39, 0.29) is 23.1 Å². The number of nitrogen functional groups attached to an aromatic ring is 2. The third-order valence-corrected chi connectivity index (χ3v) is 4.84. The molecule has 0 aliphatic rings. The van der Waals surface area contributed by atoms with E-state index < -0.39 is 11.9 Å². The molecule has 4 aromatic rings. The second-order valence-electron chi connectivity index (χ2n) is 6.58. The Balaban J connectivity index is 1.93. The summed E-state index contributed by atoms with van der Waals surface area (Å²) >= 11 is 6.28. The number of hydrogen-bond donors (Lipinski definition) is 3. The van der Waals surface area contributed by atoms with Gasteiger partial charge in [-0.05, 0) is 31.2 Å². The lowest BCUT2D eigenvalue weighted by Crippen LogP contribution is -2.28. The van der Waals surface area contributed by atoms with E-state index in [1.54, 1.807) is 49.4 Å². The number of benzene rings is 2.